The van der Waals surface area contributed by atoms with Gasteiger partial charge in [-0.3, -0.25) is 4.79 Å². The van der Waals surface area contributed by atoms with E-state index in [4.69, 9.17) is 4.52 Å². The van der Waals surface area contributed by atoms with E-state index in [9.17, 15) is 4.79 Å². The maximum atomic E-state index is 12.7. The van der Waals surface area contributed by atoms with Gasteiger partial charge >= 0.3 is 0 Å². The first-order valence-corrected chi connectivity index (χ1v) is 8.21. The summed E-state index contributed by atoms with van der Waals surface area (Å²) in [6, 6.07) is 10.2. The first kappa shape index (κ1) is 14.9. The van der Waals surface area contributed by atoms with Crippen LogP contribution >= 0.6 is 0 Å². The van der Waals surface area contributed by atoms with Crippen LogP contribution in [0.4, 0.5) is 0 Å². The Kier molecular flexibility index (Phi) is 3.56. The first-order chi connectivity index (χ1) is 11.6. The average Bonchev–Trinajstić information content (AvgIpc) is 3.37. The number of pyridine rings is 1. The zero-order chi connectivity index (χ0) is 16.7. The summed E-state index contributed by atoms with van der Waals surface area (Å²) in [6.07, 6.45) is 3.85. The zero-order valence-electron chi connectivity index (χ0n) is 13.7. The van der Waals surface area contributed by atoms with Crippen LogP contribution in [0.3, 0.4) is 0 Å². The van der Waals surface area contributed by atoms with Crippen LogP contribution in [0.2, 0.25) is 0 Å². The second kappa shape index (κ2) is 5.74. The van der Waals surface area contributed by atoms with Gasteiger partial charge in [0.15, 0.2) is 0 Å². The van der Waals surface area contributed by atoms with Crippen LogP contribution in [0.1, 0.15) is 46.1 Å². The van der Waals surface area contributed by atoms with E-state index >= 15 is 0 Å². The Balaban J connectivity index is 1.60. The van der Waals surface area contributed by atoms with Crippen molar-refractivity contribution >= 4 is 17.0 Å². The second-order valence-corrected chi connectivity index (χ2v) is 6.54. The molecular formula is C19H19N3O2. The molecular weight excluding hydrogens is 302 g/mol. The molecule has 1 N–H and O–H groups in total. The Morgan fingerprint density at radius 3 is 2.71 bits per heavy atom. The van der Waals surface area contributed by atoms with Gasteiger partial charge in [0.05, 0.1) is 22.7 Å². The summed E-state index contributed by atoms with van der Waals surface area (Å²) in [5, 5.41) is 7.84. The van der Waals surface area contributed by atoms with E-state index < -0.39 is 0 Å². The summed E-state index contributed by atoms with van der Waals surface area (Å²) < 4.78 is 5.10. The molecule has 1 amide bonds. The first-order valence-electron chi connectivity index (χ1n) is 8.21. The number of rotatable bonds is 4. The summed E-state index contributed by atoms with van der Waals surface area (Å²) in [5.74, 6) is 0.410. The molecule has 1 aromatic carbocycles. The zero-order valence-corrected chi connectivity index (χ0v) is 13.7. The number of fused-ring (bicyclic) bond motifs is 1. The van der Waals surface area contributed by atoms with E-state index in [1.54, 1.807) is 12.3 Å². The molecule has 0 aliphatic heterocycles. The van der Waals surface area contributed by atoms with Crippen molar-refractivity contribution in [3.05, 3.63) is 58.9 Å². The predicted octanol–water partition coefficient (Wildman–Crippen LogP) is 3.72. The third kappa shape index (κ3) is 2.77. The third-order valence-electron chi connectivity index (χ3n) is 4.59. The number of nitrogens with one attached hydrogen (secondary N) is 1. The maximum Gasteiger partial charge on any atom is 0.257 e. The summed E-state index contributed by atoms with van der Waals surface area (Å²) in [7, 11) is 0. The van der Waals surface area contributed by atoms with Gasteiger partial charge in [0, 0.05) is 6.20 Å². The number of hydrogen-bond acceptors (Lipinski definition) is 4. The molecule has 2 heterocycles. The average molecular weight is 321 g/mol. The molecule has 24 heavy (non-hydrogen) atoms. The lowest BCUT2D eigenvalue weighted by molar-refractivity contribution is 0.0931. The predicted molar refractivity (Wildman–Crippen MR) is 90.7 cm³/mol. The third-order valence-corrected chi connectivity index (χ3v) is 4.59. The number of carbonyl (C=O) groups excluding carboxylic acids is 1. The lowest BCUT2D eigenvalue weighted by atomic mass is 10.0. The number of amides is 1. The highest BCUT2D eigenvalue weighted by atomic mass is 16.5. The topological polar surface area (TPSA) is 68.0 Å². The van der Waals surface area contributed by atoms with Crippen molar-refractivity contribution in [2.24, 2.45) is 5.92 Å². The molecule has 3 aromatic rings. The van der Waals surface area contributed by atoms with E-state index in [1.807, 2.05) is 6.92 Å². The van der Waals surface area contributed by atoms with Crippen LogP contribution < -0.4 is 5.32 Å². The minimum Gasteiger partial charge on any atom is -0.345 e. The fraction of sp³-hybridized carbons (Fsp3) is 0.316. The number of nitrogens with zero attached hydrogens (tertiary/aromatic N) is 2. The highest BCUT2D eigenvalue weighted by Gasteiger charge is 2.33. The fourth-order valence-electron chi connectivity index (χ4n) is 2.97. The van der Waals surface area contributed by atoms with Crippen LogP contribution in [-0.4, -0.2) is 16.0 Å². The molecule has 5 nitrogen and oxygen atoms in total. The van der Waals surface area contributed by atoms with Crippen LogP contribution in [0, 0.1) is 19.8 Å². The number of hydrogen-bond donors (Lipinski definition) is 1. The molecule has 0 spiro atoms. The van der Waals surface area contributed by atoms with Gasteiger partial charge in [-0.25, -0.2) is 4.98 Å². The summed E-state index contributed by atoms with van der Waals surface area (Å²) >= 11 is 0. The quantitative estimate of drug-likeness (QED) is 0.795. The van der Waals surface area contributed by atoms with E-state index in [2.05, 4.69) is 46.6 Å². The van der Waals surface area contributed by atoms with Crippen molar-refractivity contribution in [1.82, 2.24) is 15.5 Å². The summed E-state index contributed by atoms with van der Waals surface area (Å²) in [5.41, 5.74) is 4.11. The van der Waals surface area contributed by atoms with Gasteiger partial charge in [-0.15, -0.1) is 0 Å². The molecule has 1 aliphatic carbocycles. The van der Waals surface area contributed by atoms with Crippen LogP contribution in [0.15, 0.2) is 41.1 Å². The van der Waals surface area contributed by atoms with Crippen molar-refractivity contribution in [3.8, 4) is 0 Å². The minimum atomic E-state index is -0.109. The normalized spacial score (nSPS) is 15.4. The molecule has 0 radical (unpaired) electrons. The van der Waals surface area contributed by atoms with Crippen LogP contribution in [0.5, 0.6) is 0 Å². The van der Waals surface area contributed by atoms with E-state index in [-0.39, 0.29) is 11.9 Å². The lowest BCUT2D eigenvalue weighted by Crippen LogP contribution is -2.30. The second-order valence-electron chi connectivity index (χ2n) is 6.54. The fourth-order valence-corrected chi connectivity index (χ4v) is 2.97. The van der Waals surface area contributed by atoms with Crippen LogP contribution in [0.25, 0.3) is 11.1 Å². The highest BCUT2D eigenvalue weighted by Crippen LogP contribution is 2.41. The molecule has 0 bridgehead atoms. The molecule has 122 valence electrons. The summed E-state index contributed by atoms with van der Waals surface area (Å²) in [4.78, 5) is 16.9. The molecule has 1 fully saturated rings. The van der Waals surface area contributed by atoms with Crippen molar-refractivity contribution in [3.63, 3.8) is 0 Å². The largest absolute Gasteiger partial charge is 0.345 e. The smallest absolute Gasteiger partial charge is 0.257 e. The standard InChI is InChI=1S/C19H19N3O2/c1-11-3-5-13(6-4-11)17(14-7-8-14)21-18(23)15-9-16-12(2)22-24-19(16)20-10-15/h3-6,9-10,14,17H,7-8H2,1-2H3,(H,21,23)/t17-/m1/s1. The summed E-state index contributed by atoms with van der Waals surface area (Å²) in [6.45, 7) is 3.91. The molecule has 4 rings (SSSR count). The number of benzene rings is 1. The molecule has 1 aliphatic rings. The maximum absolute atomic E-state index is 12.7. The van der Waals surface area contributed by atoms with E-state index in [0.29, 0.717) is 17.2 Å². The monoisotopic (exact) mass is 321 g/mol. The Hall–Kier alpha value is -2.69. The van der Waals surface area contributed by atoms with Gasteiger partial charge in [0.25, 0.3) is 11.6 Å². The Labute approximate surface area is 140 Å². The molecule has 0 saturated heterocycles. The molecule has 0 unspecified atom stereocenters. The van der Waals surface area contributed by atoms with Crippen molar-refractivity contribution in [1.29, 1.82) is 0 Å². The highest BCUT2D eigenvalue weighted by molar-refractivity contribution is 5.97. The Morgan fingerprint density at radius 2 is 2.00 bits per heavy atom. The SMILES string of the molecule is Cc1ccc([C@@H](NC(=O)c2cnc3onc(C)c3c2)C2CC2)cc1. The Bertz CT molecular complexity index is 895. The minimum absolute atomic E-state index is 0.0531. The van der Waals surface area contributed by atoms with E-state index in [0.717, 1.165) is 29.5 Å². The lowest BCUT2D eigenvalue weighted by Gasteiger charge is -2.19. The van der Waals surface area contributed by atoms with Gasteiger partial charge < -0.3 is 9.84 Å². The molecule has 2 aromatic heterocycles. The van der Waals surface area contributed by atoms with Gasteiger partial charge in [-0.2, -0.15) is 0 Å². The number of aromatic nitrogens is 2. The van der Waals surface area contributed by atoms with Crippen LogP contribution in [-0.2, 0) is 0 Å². The van der Waals surface area contributed by atoms with Crippen molar-refractivity contribution < 1.29 is 9.32 Å². The Morgan fingerprint density at radius 1 is 1.25 bits per heavy atom. The van der Waals surface area contributed by atoms with Gasteiger partial charge in [-0.1, -0.05) is 35.0 Å². The van der Waals surface area contributed by atoms with Gasteiger partial charge in [-0.05, 0) is 44.2 Å². The molecule has 1 atom stereocenters. The van der Waals surface area contributed by atoms with Crippen molar-refractivity contribution in [2.45, 2.75) is 32.7 Å². The molecule has 5 heteroatoms. The molecule has 1 saturated carbocycles. The van der Waals surface area contributed by atoms with Gasteiger partial charge in [0.2, 0.25) is 0 Å². The van der Waals surface area contributed by atoms with Crippen molar-refractivity contribution in [2.75, 3.05) is 0 Å². The van der Waals surface area contributed by atoms with Gasteiger partial charge in [0.1, 0.15) is 0 Å². The number of aryl methyl sites for hydroxylation is 2. The number of carbonyl (C=O) groups is 1. The van der Waals surface area contributed by atoms with E-state index in [1.165, 1.54) is 5.56 Å².